The summed E-state index contributed by atoms with van der Waals surface area (Å²) in [7, 11) is 0. The molecular weight excluding hydrogens is 253 g/mol. The van der Waals surface area contributed by atoms with Crippen molar-refractivity contribution >= 4 is 0 Å². The molecule has 1 aromatic rings. The van der Waals surface area contributed by atoms with Crippen molar-refractivity contribution in [2.75, 3.05) is 0 Å². The normalized spacial score (nSPS) is 12.7. The molecule has 0 spiro atoms. The third-order valence-electron chi connectivity index (χ3n) is 3.24. The highest BCUT2D eigenvalue weighted by atomic mass is 19.2. The van der Waals surface area contributed by atoms with Gasteiger partial charge in [0.05, 0.1) is 0 Å². The third kappa shape index (κ3) is 4.51. The summed E-state index contributed by atoms with van der Waals surface area (Å²) in [6, 6.07) is 1.68. The standard InChI is InChI=1S/C14H21F3N2/c1-2-3-4-5-6-7-12(19-18)10-8-9-11(15)14(17)13(10)16/h8-9,12,19H,2-7,18H2,1H3. The van der Waals surface area contributed by atoms with Crippen LogP contribution < -0.4 is 11.3 Å². The van der Waals surface area contributed by atoms with E-state index in [1.807, 2.05) is 0 Å². The minimum atomic E-state index is -1.44. The summed E-state index contributed by atoms with van der Waals surface area (Å²) in [4.78, 5) is 0. The van der Waals surface area contributed by atoms with Crippen LogP contribution in [0.15, 0.2) is 12.1 Å². The number of halogens is 3. The number of hydrogen-bond donors (Lipinski definition) is 2. The quantitative estimate of drug-likeness (QED) is 0.326. The van der Waals surface area contributed by atoms with Gasteiger partial charge in [-0.25, -0.2) is 13.2 Å². The lowest BCUT2D eigenvalue weighted by Crippen LogP contribution is -2.29. The van der Waals surface area contributed by atoms with E-state index in [0.717, 1.165) is 31.7 Å². The second kappa shape index (κ2) is 8.17. The largest absolute Gasteiger partial charge is 0.271 e. The van der Waals surface area contributed by atoms with Gasteiger partial charge in [0, 0.05) is 11.6 Å². The minimum absolute atomic E-state index is 0.0805. The Morgan fingerprint density at radius 1 is 1.05 bits per heavy atom. The van der Waals surface area contributed by atoms with Crippen LogP contribution in [-0.2, 0) is 0 Å². The lowest BCUT2D eigenvalue weighted by Gasteiger charge is -2.17. The summed E-state index contributed by atoms with van der Waals surface area (Å²) in [5, 5.41) is 0. The van der Waals surface area contributed by atoms with Crippen LogP contribution in [0.25, 0.3) is 0 Å². The zero-order valence-corrected chi connectivity index (χ0v) is 11.2. The van der Waals surface area contributed by atoms with E-state index < -0.39 is 23.5 Å². The van der Waals surface area contributed by atoms with E-state index in [4.69, 9.17) is 5.84 Å². The van der Waals surface area contributed by atoms with E-state index in [2.05, 4.69) is 12.3 Å². The van der Waals surface area contributed by atoms with Gasteiger partial charge in [-0.3, -0.25) is 11.3 Å². The average Bonchev–Trinajstić information content (AvgIpc) is 2.41. The van der Waals surface area contributed by atoms with Crippen molar-refractivity contribution in [3.05, 3.63) is 35.1 Å². The molecule has 1 unspecified atom stereocenters. The molecule has 0 aromatic heterocycles. The first kappa shape index (κ1) is 16.0. The number of unbranched alkanes of at least 4 members (excludes halogenated alkanes) is 4. The highest BCUT2D eigenvalue weighted by Gasteiger charge is 2.19. The van der Waals surface area contributed by atoms with E-state index in [1.165, 1.54) is 12.5 Å². The van der Waals surface area contributed by atoms with Gasteiger partial charge in [0.1, 0.15) is 0 Å². The van der Waals surface area contributed by atoms with E-state index in [1.54, 1.807) is 0 Å². The fourth-order valence-corrected chi connectivity index (χ4v) is 2.09. The van der Waals surface area contributed by atoms with Crippen molar-refractivity contribution in [3.63, 3.8) is 0 Å². The molecule has 1 rings (SSSR count). The first-order valence-corrected chi connectivity index (χ1v) is 6.71. The van der Waals surface area contributed by atoms with E-state index in [0.29, 0.717) is 6.42 Å². The van der Waals surface area contributed by atoms with E-state index in [-0.39, 0.29) is 5.56 Å². The molecule has 0 saturated carbocycles. The smallest absolute Gasteiger partial charge is 0.194 e. The first-order chi connectivity index (χ1) is 9.11. The van der Waals surface area contributed by atoms with Crippen LogP contribution in [0.5, 0.6) is 0 Å². The third-order valence-corrected chi connectivity index (χ3v) is 3.24. The fourth-order valence-electron chi connectivity index (χ4n) is 2.09. The number of hydrazine groups is 1. The van der Waals surface area contributed by atoms with Gasteiger partial charge in [-0.05, 0) is 12.5 Å². The maximum absolute atomic E-state index is 13.6. The first-order valence-electron chi connectivity index (χ1n) is 6.71. The van der Waals surface area contributed by atoms with Gasteiger partial charge in [0.15, 0.2) is 17.5 Å². The van der Waals surface area contributed by atoms with Gasteiger partial charge in [-0.15, -0.1) is 0 Å². The topological polar surface area (TPSA) is 38.0 Å². The molecule has 0 amide bonds. The molecule has 19 heavy (non-hydrogen) atoms. The molecule has 0 bridgehead atoms. The van der Waals surface area contributed by atoms with Crippen molar-refractivity contribution < 1.29 is 13.2 Å². The van der Waals surface area contributed by atoms with Crippen LogP contribution in [0, 0.1) is 17.5 Å². The molecular formula is C14H21F3N2. The number of benzene rings is 1. The van der Waals surface area contributed by atoms with Crippen molar-refractivity contribution in [2.45, 2.75) is 51.5 Å². The van der Waals surface area contributed by atoms with Crippen molar-refractivity contribution in [2.24, 2.45) is 5.84 Å². The molecule has 0 fully saturated rings. The van der Waals surface area contributed by atoms with Gasteiger partial charge in [-0.1, -0.05) is 45.1 Å². The number of nitrogens with one attached hydrogen (secondary N) is 1. The molecule has 0 aliphatic carbocycles. The highest BCUT2D eigenvalue weighted by Crippen LogP contribution is 2.25. The number of nitrogens with two attached hydrogens (primary N) is 1. The van der Waals surface area contributed by atoms with Crippen LogP contribution in [0.1, 0.15) is 57.1 Å². The number of hydrogen-bond acceptors (Lipinski definition) is 2. The Balaban J connectivity index is 2.62. The van der Waals surface area contributed by atoms with Crippen molar-refractivity contribution in [1.29, 1.82) is 0 Å². The summed E-state index contributed by atoms with van der Waals surface area (Å²) in [5.41, 5.74) is 2.55. The minimum Gasteiger partial charge on any atom is -0.271 e. The molecule has 0 radical (unpaired) electrons. The van der Waals surface area contributed by atoms with Gasteiger partial charge in [-0.2, -0.15) is 0 Å². The molecule has 0 aliphatic rings. The Morgan fingerprint density at radius 3 is 2.37 bits per heavy atom. The highest BCUT2D eigenvalue weighted by molar-refractivity contribution is 5.23. The van der Waals surface area contributed by atoms with Crippen LogP contribution >= 0.6 is 0 Å². The molecule has 1 atom stereocenters. The SMILES string of the molecule is CCCCCCCC(NN)c1ccc(F)c(F)c1F. The second-order valence-corrected chi connectivity index (χ2v) is 4.69. The van der Waals surface area contributed by atoms with Crippen molar-refractivity contribution in [1.82, 2.24) is 5.43 Å². The van der Waals surface area contributed by atoms with Crippen molar-refractivity contribution in [3.8, 4) is 0 Å². The molecule has 0 heterocycles. The van der Waals surface area contributed by atoms with Crippen LogP contribution in [0.3, 0.4) is 0 Å². The molecule has 1 aromatic carbocycles. The maximum Gasteiger partial charge on any atom is 0.194 e. The van der Waals surface area contributed by atoms with Gasteiger partial charge < -0.3 is 0 Å². The molecule has 108 valence electrons. The lowest BCUT2D eigenvalue weighted by molar-refractivity contribution is 0.413. The molecule has 2 nitrogen and oxygen atoms in total. The monoisotopic (exact) mass is 274 g/mol. The lowest BCUT2D eigenvalue weighted by atomic mass is 9.99. The Labute approximate surface area is 112 Å². The molecule has 3 N–H and O–H groups in total. The Bertz CT molecular complexity index is 397. The van der Waals surface area contributed by atoms with E-state index >= 15 is 0 Å². The van der Waals surface area contributed by atoms with Gasteiger partial charge in [0.25, 0.3) is 0 Å². The summed E-state index contributed by atoms with van der Waals surface area (Å²) in [6.45, 7) is 2.13. The van der Waals surface area contributed by atoms with Crippen LogP contribution in [-0.4, -0.2) is 0 Å². The fraction of sp³-hybridized carbons (Fsp3) is 0.571. The molecule has 0 saturated heterocycles. The van der Waals surface area contributed by atoms with Crippen LogP contribution in [0.4, 0.5) is 13.2 Å². The molecule has 0 aliphatic heterocycles. The van der Waals surface area contributed by atoms with Gasteiger partial charge >= 0.3 is 0 Å². The Morgan fingerprint density at radius 2 is 1.74 bits per heavy atom. The molecule has 5 heteroatoms. The second-order valence-electron chi connectivity index (χ2n) is 4.69. The Hall–Kier alpha value is -1.07. The van der Waals surface area contributed by atoms with Crippen LogP contribution in [0.2, 0.25) is 0 Å². The predicted octanol–water partition coefficient (Wildman–Crippen LogP) is 3.97. The Kier molecular flexibility index (Phi) is 6.87. The predicted molar refractivity (Wildman–Crippen MR) is 69.8 cm³/mol. The van der Waals surface area contributed by atoms with E-state index in [9.17, 15) is 13.2 Å². The summed E-state index contributed by atoms with van der Waals surface area (Å²) >= 11 is 0. The summed E-state index contributed by atoms with van der Waals surface area (Å²) in [6.07, 6.45) is 5.93. The average molecular weight is 274 g/mol. The summed E-state index contributed by atoms with van der Waals surface area (Å²) < 4.78 is 39.6. The number of rotatable bonds is 8. The zero-order valence-electron chi connectivity index (χ0n) is 11.2. The maximum atomic E-state index is 13.6. The van der Waals surface area contributed by atoms with Gasteiger partial charge in [0.2, 0.25) is 0 Å². The zero-order chi connectivity index (χ0) is 14.3. The summed E-state index contributed by atoms with van der Waals surface area (Å²) in [5.74, 6) is 1.59.